The lowest BCUT2D eigenvalue weighted by Gasteiger charge is -2.38. The molecule has 1 amide bonds. The predicted molar refractivity (Wildman–Crippen MR) is 101 cm³/mol. The van der Waals surface area contributed by atoms with Crippen LogP contribution in [0.1, 0.15) is 6.92 Å². The van der Waals surface area contributed by atoms with E-state index in [2.05, 4.69) is 15.1 Å². The number of hydrogen-bond acceptors (Lipinski definition) is 5. The van der Waals surface area contributed by atoms with E-state index in [9.17, 15) is 19.3 Å². The van der Waals surface area contributed by atoms with Gasteiger partial charge in [0.2, 0.25) is 5.91 Å². The van der Waals surface area contributed by atoms with E-state index in [0.29, 0.717) is 18.8 Å². The summed E-state index contributed by atoms with van der Waals surface area (Å²) in [6.07, 6.45) is 0. The molecule has 7 nitrogen and oxygen atoms in total. The van der Waals surface area contributed by atoms with E-state index in [1.165, 1.54) is 36.4 Å². The van der Waals surface area contributed by atoms with Gasteiger partial charge in [-0.25, -0.2) is 4.39 Å². The second kappa shape index (κ2) is 8.13. The molecule has 27 heavy (non-hydrogen) atoms. The summed E-state index contributed by atoms with van der Waals surface area (Å²) in [6, 6.07) is 11.9. The Balaban J connectivity index is 1.53. The van der Waals surface area contributed by atoms with Crippen LogP contribution in [0.2, 0.25) is 0 Å². The van der Waals surface area contributed by atoms with Crippen molar-refractivity contribution >= 4 is 23.0 Å². The van der Waals surface area contributed by atoms with E-state index < -0.39 is 4.92 Å². The third kappa shape index (κ3) is 4.59. The molecule has 2 aromatic carbocycles. The lowest BCUT2D eigenvalue weighted by Crippen LogP contribution is -2.52. The lowest BCUT2D eigenvalue weighted by molar-refractivity contribution is -0.384. The van der Waals surface area contributed by atoms with Crippen LogP contribution in [-0.2, 0) is 4.79 Å². The molecule has 1 heterocycles. The van der Waals surface area contributed by atoms with Gasteiger partial charge in [-0.15, -0.1) is 0 Å². The molecule has 1 aliphatic rings. The summed E-state index contributed by atoms with van der Waals surface area (Å²) in [5.41, 5.74) is 1.49. The Morgan fingerprint density at radius 2 is 1.67 bits per heavy atom. The normalized spacial score (nSPS) is 16.0. The van der Waals surface area contributed by atoms with Crippen LogP contribution < -0.4 is 10.2 Å². The highest BCUT2D eigenvalue weighted by Gasteiger charge is 2.25. The smallest absolute Gasteiger partial charge is 0.269 e. The molecule has 1 unspecified atom stereocenters. The summed E-state index contributed by atoms with van der Waals surface area (Å²) in [4.78, 5) is 26.9. The van der Waals surface area contributed by atoms with Gasteiger partial charge in [0.05, 0.1) is 11.0 Å². The fourth-order valence-corrected chi connectivity index (χ4v) is 3.10. The van der Waals surface area contributed by atoms with E-state index in [-0.39, 0.29) is 23.5 Å². The third-order valence-corrected chi connectivity index (χ3v) is 4.78. The molecule has 1 saturated heterocycles. The quantitative estimate of drug-likeness (QED) is 0.645. The van der Waals surface area contributed by atoms with Gasteiger partial charge in [0.25, 0.3) is 5.69 Å². The summed E-state index contributed by atoms with van der Waals surface area (Å²) in [5, 5.41) is 13.5. The van der Waals surface area contributed by atoms with Crippen molar-refractivity contribution in [3.05, 3.63) is 64.5 Å². The number of nitro groups is 1. The number of nitrogens with one attached hydrogen (secondary N) is 1. The Hall–Kier alpha value is -3.00. The molecule has 0 bridgehead atoms. The van der Waals surface area contributed by atoms with Gasteiger partial charge in [-0.3, -0.25) is 19.8 Å². The molecule has 0 aliphatic carbocycles. The minimum atomic E-state index is -0.477. The first kappa shape index (κ1) is 18.8. The topological polar surface area (TPSA) is 78.7 Å². The number of benzene rings is 2. The largest absolute Gasteiger partial charge is 0.369 e. The first-order chi connectivity index (χ1) is 12.9. The SMILES string of the molecule is CC(C(=O)Nc1ccc([N+](=O)[O-])cc1)N1CCN(c2ccc(F)cc2)CC1. The van der Waals surface area contributed by atoms with Crippen molar-refractivity contribution in [1.29, 1.82) is 0 Å². The highest BCUT2D eigenvalue weighted by molar-refractivity contribution is 5.94. The van der Waals surface area contributed by atoms with Gasteiger partial charge in [-0.2, -0.15) is 0 Å². The van der Waals surface area contributed by atoms with E-state index >= 15 is 0 Å². The molecule has 0 spiro atoms. The number of carbonyl (C=O) groups excluding carboxylic acids is 1. The fraction of sp³-hybridized carbons (Fsp3) is 0.316. The Bertz CT molecular complexity index is 803. The van der Waals surface area contributed by atoms with Gasteiger partial charge >= 0.3 is 0 Å². The molecule has 1 fully saturated rings. The number of carbonyl (C=O) groups is 1. The highest BCUT2D eigenvalue weighted by atomic mass is 19.1. The maximum Gasteiger partial charge on any atom is 0.269 e. The molecule has 8 heteroatoms. The van der Waals surface area contributed by atoms with E-state index in [0.717, 1.165) is 18.8 Å². The number of nitro benzene ring substituents is 1. The van der Waals surface area contributed by atoms with Crippen LogP contribution >= 0.6 is 0 Å². The van der Waals surface area contributed by atoms with Gasteiger partial charge in [0.15, 0.2) is 0 Å². The van der Waals surface area contributed by atoms with Gasteiger partial charge in [0, 0.05) is 49.7 Å². The highest BCUT2D eigenvalue weighted by Crippen LogP contribution is 2.19. The Morgan fingerprint density at radius 3 is 2.22 bits per heavy atom. The Kier molecular flexibility index (Phi) is 5.66. The van der Waals surface area contributed by atoms with E-state index in [4.69, 9.17) is 0 Å². The summed E-state index contributed by atoms with van der Waals surface area (Å²) in [5.74, 6) is -0.409. The molecule has 3 rings (SSSR count). The molecule has 0 saturated carbocycles. The number of nitrogens with zero attached hydrogens (tertiary/aromatic N) is 3. The second-order valence-corrected chi connectivity index (χ2v) is 6.47. The van der Waals surface area contributed by atoms with Crippen molar-refractivity contribution in [2.45, 2.75) is 13.0 Å². The molecule has 1 N–H and O–H groups in total. The van der Waals surface area contributed by atoms with Crippen LogP contribution in [0.25, 0.3) is 0 Å². The minimum Gasteiger partial charge on any atom is -0.369 e. The van der Waals surface area contributed by atoms with Crippen molar-refractivity contribution in [3.8, 4) is 0 Å². The number of non-ortho nitro benzene ring substituents is 1. The van der Waals surface area contributed by atoms with Crippen molar-refractivity contribution in [3.63, 3.8) is 0 Å². The summed E-state index contributed by atoms with van der Waals surface area (Å²) in [6.45, 7) is 4.77. The molecule has 0 radical (unpaired) electrons. The predicted octanol–water partition coefficient (Wildman–Crippen LogP) is 2.88. The van der Waals surface area contributed by atoms with Gasteiger partial charge < -0.3 is 10.2 Å². The average Bonchev–Trinajstić information content (AvgIpc) is 2.68. The zero-order chi connectivity index (χ0) is 19.4. The second-order valence-electron chi connectivity index (χ2n) is 6.47. The average molecular weight is 372 g/mol. The van der Waals surface area contributed by atoms with Crippen LogP contribution in [-0.4, -0.2) is 48.0 Å². The number of anilines is 2. The number of amides is 1. The molecule has 2 aromatic rings. The van der Waals surface area contributed by atoms with E-state index in [1.54, 1.807) is 12.1 Å². The molecular weight excluding hydrogens is 351 g/mol. The standard InChI is InChI=1S/C19H21FN4O3/c1-14(19(25)21-16-4-8-18(9-5-16)24(26)27)22-10-12-23(13-11-22)17-6-2-15(20)3-7-17/h2-9,14H,10-13H2,1H3,(H,21,25). The minimum absolute atomic E-state index is 0.0158. The zero-order valence-electron chi connectivity index (χ0n) is 15.0. The Morgan fingerprint density at radius 1 is 1.07 bits per heavy atom. The Labute approximate surface area is 156 Å². The van der Waals surface area contributed by atoms with Crippen LogP contribution in [0.3, 0.4) is 0 Å². The lowest BCUT2D eigenvalue weighted by atomic mass is 10.2. The summed E-state index contributed by atoms with van der Waals surface area (Å²) >= 11 is 0. The van der Waals surface area contributed by atoms with Crippen molar-refractivity contribution < 1.29 is 14.1 Å². The first-order valence-electron chi connectivity index (χ1n) is 8.74. The van der Waals surface area contributed by atoms with Crippen molar-refractivity contribution in [2.24, 2.45) is 0 Å². The van der Waals surface area contributed by atoms with E-state index in [1.807, 2.05) is 6.92 Å². The van der Waals surface area contributed by atoms with Crippen LogP contribution in [0.5, 0.6) is 0 Å². The van der Waals surface area contributed by atoms with Gasteiger partial charge in [-0.05, 0) is 43.3 Å². The number of halogens is 1. The zero-order valence-corrected chi connectivity index (χ0v) is 15.0. The third-order valence-electron chi connectivity index (χ3n) is 4.78. The van der Waals surface area contributed by atoms with Crippen LogP contribution in [0.15, 0.2) is 48.5 Å². The molecule has 1 atom stereocenters. The first-order valence-corrected chi connectivity index (χ1v) is 8.74. The molecule has 1 aliphatic heterocycles. The number of hydrogen-bond donors (Lipinski definition) is 1. The fourth-order valence-electron chi connectivity index (χ4n) is 3.10. The maximum atomic E-state index is 13.0. The molecule has 0 aromatic heterocycles. The van der Waals surface area contributed by atoms with Crippen LogP contribution in [0.4, 0.5) is 21.5 Å². The number of piperazine rings is 1. The molecule has 142 valence electrons. The summed E-state index contributed by atoms with van der Waals surface area (Å²) < 4.78 is 13.0. The van der Waals surface area contributed by atoms with Crippen molar-refractivity contribution in [2.75, 3.05) is 36.4 Å². The van der Waals surface area contributed by atoms with Gasteiger partial charge in [-0.1, -0.05) is 0 Å². The summed E-state index contributed by atoms with van der Waals surface area (Å²) in [7, 11) is 0. The number of rotatable bonds is 5. The van der Waals surface area contributed by atoms with Crippen molar-refractivity contribution in [1.82, 2.24) is 4.90 Å². The van der Waals surface area contributed by atoms with Gasteiger partial charge in [0.1, 0.15) is 5.82 Å². The van der Waals surface area contributed by atoms with Crippen LogP contribution in [0, 0.1) is 15.9 Å². The maximum absolute atomic E-state index is 13.0. The molecular formula is C19H21FN4O3. The monoisotopic (exact) mass is 372 g/mol.